The molecule has 0 aromatic carbocycles. The lowest BCUT2D eigenvalue weighted by Crippen LogP contribution is -2.54. The molecule has 0 aliphatic heterocycles. The zero-order valence-corrected chi connectivity index (χ0v) is 10.0. The SMILES string of the molecule is CO/C(C)=C(/COC(=O)C1(N)CCC1)OC=O. The topological polar surface area (TPSA) is 87.8 Å². The molecule has 6 heteroatoms. The molecule has 1 aliphatic rings. The van der Waals surface area contributed by atoms with Gasteiger partial charge in [-0.05, 0) is 26.2 Å². The minimum atomic E-state index is -0.868. The van der Waals surface area contributed by atoms with Crippen molar-refractivity contribution in [2.24, 2.45) is 5.73 Å². The van der Waals surface area contributed by atoms with Crippen LogP contribution in [-0.4, -0.2) is 31.7 Å². The van der Waals surface area contributed by atoms with E-state index in [0.29, 0.717) is 18.6 Å². The predicted octanol–water partition coefficient (Wildman–Crippen LogP) is 0.462. The highest BCUT2D eigenvalue weighted by molar-refractivity contribution is 5.81. The maximum atomic E-state index is 11.6. The number of carbonyl (C=O) groups excluding carboxylic acids is 2. The van der Waals surface area contributed by atoms with Crippen LogP contribution in [-0.2, 0) is 23.8 Å². The van der Waals surface area contributed by atoms with E-state index in [0.717, 1.165) is 6.42 Å². The van der Waals surface area contributed by atoms with Gasteiger partial charge in [-0.1, -0.05) is 0 Å². The highest BCUT2D eigenvalue weighted by Gasteiger charge is 2.41. The van der Waals surface area contributed by atoms with Crippen molar-refractivity contribution in [3.8, 4) is 0 Å². The fourth-order valence-corrected chi connectivity index (χ4v) is 1.43. The minimum absolute atomic E-state index is 0.157. The van der Waals surface area contributed by atoms with Gasteiger partial charge in [0.1, 0.15) is 11.3 Å². The number of hydrogen-bond donors (Lipinski definition) is 1. The molecule has 0 bridgehead atoms. The standard InChI is InChI=1S/C11H17NO5/c1-8(15-2)9(17-7-13)6-16-10(14)11(12)4-3-5-11/h7H,3-6,12H2,1-2H3/b9-8-. The molecule has 6 nitrogen and oxygen atoms in total. The average molecular weight is 243 g/mol. The first kappa shape index (κ1) is 13.5. The summed E-state index contributed by atoms with van der Waals surface area (Å²) >= 11 is 0. The quantitative estimate of drug-likeness (QED) is 0.414. The Kier molecular flexibility index (Phi) is 4.51. The van der Waals surface area contributed by atoms with E-state index in [1.165, 1.54) is 7.11 Å². The molecule has 0 saturated heterocycles. The van der Waals surface area contributed by atoms with E-state index in [4.69, 9.17) is 15.2 Å². The van der Waals surface area contributed by atoms with E-state index in [2.05, 4.69) is 4.74 Å². The van der Waals surface area contributed by atoms with Gasteiger partial charge in [0.15, 0.2) is 12.4 Å². The van der Waals surface area contributed by atoms with E-state index in [1.54, 1.807) is 6.92 Å². The number of hydrogen-bond acceptors (Lipinski definition) is 6. The van der Waals surface area contributed by atoms with Crippen molar-refractivity contribution in [1.82, 2.24) is 0 Å². The van der Waals surface area contributed by atoms with E-state index in [-0.39, 0.29) is 18.8 Å². The van der Waals surface area contributed by atoms with E-state index in [1.807, 2.05) is 0 Å². The maximum Gasteiger partial charge on any atom is 0.326 e. The average Bonchev–Trinajstić information content (AvgIpc) is 2.29. The number of allylic oxidation sites excluding steroid dienone is 1. The summed E-state index contributed by atoms with van der Waals surface area (Å²) in [6.07, 6.45) is 2.18. The van der Waals surface area contributed by atoms with Crippen LogP contribution < -0.4 is 5.73 Å². The zero-order chi connectivity index (χ0) is 12.9. The summed E-state index contributed by atoms with van der Waals surface area (Å²) in [4.78, 5) is 21.9. The summed E-state index contributed by atoms with van der Waals surface area (Å²) in [5, 5.41) is 0. The second-order valence-electron chi connectivity index (χ2n) is 3.98. The van der Waals surface area contributed by atoms with Crippen molar-refractivity contribution in [1.29, 1.82) is 0 Å². The lowest BCUT2D eigenvalue weighted by atomic mass is 9.78. The first-order valence-corrected chi connectivity index (χ1v) is 5.33. The lowest BCUT2D eigenvalue weighted by Gasteiger charge is -2.35. The van der Waals surface area contributed by atoms with Crippen LogP contribution in [0.2, 0.25) is 0 Å². The van der Waals surface area contributed by atoms with Crippen molar-refractivity contribution < 1.29 is 23.8 Å². The predicted molar refractivity (Wildman–Crippen MR) is 58.6 cm³/mol. The number of rotatable bonds is 6. The highest BCUT2D eigenvalue weighted by atomic mass is 16.6. The molecule has 1 rings (SSSR count). The molecule has 0 spiro atoms. The Hall–Kier alpha value is -1.56. The highest BCUT2D eigenvalue weighted by Crippen LogP contribution is 2.30. The van der Waals surface area contributed by atoms with Crippen LogP contribution in [0.25, 0.3) is 0 Å². The third kappa shape index (κ3) is 3.20. The van der Waals surface area contributed by atoms with Crippen molar-refractivity contribution in [3.05, 3.63) is 11.5 Å². The molecule has 0 aromatic heterocycles. The Morgan fingerprint density at radius 2 is 2.12 bits per heavy atom. The summed E-state index contributed by atoms with van der Waals surface area (Å²) in [5.74, 6) is 0.0722. The molecule has 2 N–H and O–H groups in total. The van der Waals surface area contributed by atoms with Crippen molar-refractivity contribution >= 4 is 12.4 Å². The molecule has 0 heterocycles. The van der Waals surface area contributed by atoms with Gasteiger partial charge < -0.3 is 19.9 Å². The lowest BCUT2D eigenvalue weighted by molar-refractivity contribution is -0.154. The molecular weight excluding hydrogens is 226 g/mol. The Bertz CT molecular complexity index is 333. The third-order valence-corrected chi connectivity index (χ3v) is 2.88. The van der Waals surface area contributed by atoms with Gasteiger partial charge in [-0.3, -0.25) is 9.59 Å². The van der Waals surface area contributed by atoms with Gasteiger partial charge in [0, 0.05) is 0 Å². The summed E-state index contributed by atoms with van der Waals surface area (Å²) in [6.45, 7) is 1.71. The van der Waals surface area contributed by atoms with Crippen LogP contribution in [0.5, 0.6) is 0 Å². The minimum Gasteiger partial charge on any atom is -0.498 e. The van der Waals surface area contributed by atoms with Crippen LogP contribution >= 0.6 is 0 Å². The van der Waals surface area contributed by atoms with Crippen LogP contribution in [0.1, 0.15) is 26.2 Å². The molecular formula is C11H17NO5. The maximum absolute atomic E-state index is 11.6. The smallest absolute Gasteiger partial charge is 0.326 e. The van der Waals surface area contributed by atoms with Crippen LogP contribution in [0.15, 0.2) is 11.5 Å². The first-order chi connectivity index (χ1) is 8.03. The largest absolute Gasteiger partial charge is 0.498 e. The van der Waals surface area contributed by atoms with Crippen molar-refractivity contribution in [3.63, 3.8) is 0 Å². The van der Waals surface area contributed by atoms with Gasteiger partial charge in [-0.15, -0.1) is 0 Å². The van der Waals surface area contributed by atoms with Gasteiger partial charge in [-0.25, -0.2) is 0 Å². The Labute approximate surface area is 99.7 Å². The summed E-state index contributed by atoms with van der Waals surface area (Å²) in [7, 11) is 1.43. The van der Waals surface area contributed by atoms with Gasteiger partial charge in [0.05, 0.1) is 7.11 Å². The van der Waals surface area contributed by atoms with Crippen LogP contribution in [0, 0.1) is 0 Å². The molecule has 1 saturated carbocycles. The van der Waals surface area contributed by atoms with E-state index in [9.17, 15) is 9.59 Å². The Morgan fingerprint density at radius 3 is 2.53 bits per heavy atom. The van der Waals surface area contributed by atoms with Crippen molar-refractivity contribution in [2.75, 3.05) is 13.7 Å². The third-order valence-electron chi connectivity index (χ3n) is 2.88. The molecule has 1 aliphatic carbocycles. The summed E-state index contributed by atoms with van der Waals surface area (Å²) in [6, 6.07) is 0. The normalized spacial score (nSPS) is 18.5. The molecule has 0 amide bonds. The number of nitrogens with two attached hydrogens (primary N) is 1. The van der Waals surface area contributed by atoms with Gasteiger partial charge in [0.2, 0.25) is 0 Å². The Morgan fingerprint density at radius 1 is 1.47 bits per heavy atom. The first-order valence-electron chi connectivity index (χ1n) is 5.33. The Balaban J connectivity index is 2.52. The molecule has 0 unspecified atom stereocenters. The molecule has 0 aromatic rings. The van der Waals surface area contributed by atoms with Crippen LogP contribution in [0.4, 0.5) is 0 Å². The second-order valence-corrected chi connectivity index (χ2v) is 3.98. The zero-order valence-electron chi connectivity index (χ0n) is 10.0. The molecule has 0 atom stereocenters. The molecule has 1 fully saturated rings. The number of esters is 1. The second kappa shape index (κ2) is 5.67. The summed E-state index contributed by atoms with van der Waals surface area (Å²) < 4.78 is 14.6. The summed E-state index contributed by atoms with van der Waals surface area (Å²) in [5.41, 5.74) is 4.92. The van der Waals surface area contributed by atoms with E-state index >= 15 is 0 Å². The fraction of sp³-hybridized carbons (Fsp3) is 0.636. The van der Waals surface area contributed by atoms with Crippen molar-refractivity contribution in [2.45, 2.75) is 31.7 Å². The molecule has 96 valence electrons. The number of carbonyl (C=O) groups is 2. The monoisotopic (exact) mass is 243 g/mol. The van der Waals surface area contributed by atoms with E-state index < -0.39 is 11.5 Å². The van der Waals surface area contributed by atoms with Crippen LogP contribution in [0.3, 0.4) is 0 Å². The molecule has 17 heavy (non-hydrogen) atoms. The van der Waals surface area contributed by atoms with Gasteiger partial charge >= 0.3 is 5.97 Å². The number of methoxy groups -OCH3 is 1. The molecule has 0 radical (unpaired) electrons. The van der Waals surface area contributed by atoms with Gasteiger partial charge in [0.25, 0.3) is 6.47 Å². The fourth-order valence-electron chi connectivity index (χ4n) is 1.43. The van der Waals surface area contributed by atoms with Gasteiger partial charge in [-0.2, -0.15) is 0 Å². The number of ether oxygens (including phenoxy) is 3.